The minimum atomic E-state index is -0.737. The monoisotopic (exact) mass is 337 g/mol. The second-order valence-corrected chi connectivity index (χ2v) is 5.90. The van der Waals surface area contributed by atoms with Crippen molar-refractivity contribution < 1.29 is 14.7 Å². The molecule has 0 saturated carbocycles. The summed E-state index contributed by atoms with van der Waals surface area (Å²) in [5.41, 5.74) is 2.89. The molecule has 2 aromatic rings. The van der Waals surface area contributed by atoms with Crippen LogP contribution >= 0.6 is 0 Å². The van der Waals surface area contributed by atoms with Gasteiger partial charge in [-0.2, -0.15) is 0 Å². The first-order valence-corrected chi connectivity index (χ1v) is 7.90. The summed E-state index contributed by atoms with van der Waals surface area (Å²) < 4.78 is 0. The highest BCUT2D eigenvalue weighted by atomic mass is 16.3. The average Bonchev–Trinajstić information content (AvgIpc) is 2.56. The zero-order valence-corrected chi connectivity index (χ0v) is 14.0. The molecule has 3 amide bonds. The van der Waals surface area contributed by atoms with Gasteiger partial charge in [0.2, 0.25) is 0 Å². The largest absolute Gasteiger partial charge is 0.508 e. The van der Waals surface area contributed by atoms with Crippen LogP contribution in [0.25, 0.3) is 0 Å². The maximum atomic E-state index is 12.9. The average molecular weight is 337 g/mol. The summed E-state index contributed by atoms with van der Waals surface area (Å²) in [6.45, 7) is 3.57. The number of urea groups is 1. The molecule has 0 fully saturated rings. The van der Waals surface area contributed by atoms with E-state index >= 15 is 0 Å². The molecule has 0 aromatic heterocycles. The summed E-state index contributed by atoms with van der Waals surface area (Å²) in [5.74, 6) is -0.323. The highest BCUT2D eigenvalue weighted by Crippen LogP contribution is 2.32. The summed E-state index contributed by atoms with van der Waals surface area (Å²) in [6, 6.07) is 12.9. The number of allylic oxidation sites excluding steroid dienone is 1. The van der Waals surface area contributed by atoms with Crippen molar-refractivity contribution in [3.05, 3.63) is 70.9 Å². The number of carbonyl (C=O) groups is 2. The highest BCUT2D eigenvalue weighted by Gasteiger charge is 2.32. The maximum absolute atomic E-state index is 12.9. The van der Waals surface area contributed by atoms with Gasteiger partial charge in [-0.25, -0.2) is 4.79 Å². The van der Waals surface area contributed by atoms with Gasteiger partial charge in [-0.05, 0) is 31.5 Å². The Hall–Kier alpha value is -3.28. The number of aryl methyl sites for hydroxylation is 1. The summed E-state index contributed by atoms with van der Waals surface area (Å²) in [5, 5.41) is 18.3. The van der Waals surface area contributed by atoms with Gasteiger partial charge in [0, 0.05) is 16.9 Å². The summed E-state index contributed by atoms with van der Waals surface area (Å²) in [6.07, 6.45) is 0. The SMILES string of the molecule is CC1=C(C(=O)Nc2ccccc2C)[C@@H](c2ccccc2O)NC(=O)N1. The van der Waals surface area contributed by atoms with E-state index < -0.39 is 12.1 Å². The van der Waals surface area contributed by atoms with E-state index in [4.69, 9.17) is 0 Å². The molecular formula is C19H19N3O3. The lowest BCUT2D eigenvalue weighted by Crippen LogP contribution is -2.46. The van der Waals surface area contributed by atoms with Gasteiger partial charge in [-0.1, -0.05) is 36.4 Å². The Morgan fingerprint density at radius 2 is 1.76 bits per heavy atom. The van der Waals surface area contributed by atoms with Crippen molar-refractivity contribution in [3.63, 3.8) is 0 Å². The number of aromatic hydroxyl groups is 1. The number of rotatable bonds is 3. The van der Waals surface area contributed by atoms with Crippen molar-refractivity contribution in [2.75, 3.05) is 5.32 Å². The van der Waals surface area contributed by atoms with Crippen molar-refractivity contribution in [1.29, 1.82) is 0 Å². The fourth-order valence-corrected chi connectivity index (χ4v) is 2.86. The Kier molecular flexibility index (Phi) is 4.43. The highest BCUT2D eigenvalue weighted by molar-refractivity contribution is 6.07. The molecule has 2 aromatic carbocycles. The molecule has 25 heavy (non-hydrogen) atoms. The molecule has 4 N–H and O–H groups in total. The zero-order chi connectivity index (χ0) is 18.0. The lowest BCUT2D eigenvalue weighted by atomic mass is 9.94. The van der Waals surface area contributed by atoms with E-state index in [0.29, 0.717) is 22.5 Å². The third-order valence-electron chi connectivity index (χ3n) is 4.15. The van der Waals surface area contributed by atoms with Crippen LogP contribution in [0.2, 0.25) is 0 Å². The van der Waals surface area contributed by atoms with Crippen LogP contribution in [0.1, 0.15) is 24.1 Å². The number of para-hydroxylation sites is 2. The van der Waals surface area contributed by atoms with Crippen molar-refractivity contribution in [3.8, 4) is 5.75 Å². The number of amides is 3. The first-order valence-electron chi connectivity index (χ1n) is 7.90. The molecule has 0 saturated heterocycles. The van der Waals surface area contributed by atoms with E-state index in [9.17, 15) is 14.7 Å². The quantitative estimate of drug-likeness (QED) is 0.694. The van der Waals surface area contributed by atoms with Crippen LogP contribution in [-0.2, 0) is 4.79 Å². The van der Waals surface area contributed by atoms with E-state index in [2.05, 4.69) is 16.0 Å². The number of phenols is 1. The molecule has 0 unspecified atom stereocenters. The van der Waals surface area contributed by atoms with Gasteiger partial charge in [-0.15, -0.1) is 0 Å². The number of nitrogens with one attached hydrogen (secondary N) is 3. The van der Waals surface area contributed by atoms with Gasteiger partial charge >= 0.3 is 6.03 Å². The molecule has 1 aliphatic heterocycles. The molecular weight excluding hydrogens is 318 g/mol. The van der Waals surface area contributed by atoms with Crippen LogP contribution < -0.4 is 16.0 Å². The lowest BCUT2D eigenvalue weighted by molar-refractivity contribution is -0.113. The van der Waals surface area contributed by atoms with Crippen LogP contribution in [0.3, 0.4) is 0 Å². The predicted molar refractivity (Wildman–Crippen MR) is 95.0 cm³/mol. The van der Waals surface area contributed by atoms with Gasteiger partial charge in [0.15, 0.2) is 0 Å². The number of phenolic OH excluding ortho intramolecular Hbond substituents is 1. The van der Waals surface area contributed by atoms with Crippen LogP contribution in [0.5, 0.6) is 5.75 Å². The second-order valence-electron chi connectivity index (χ2n) is 5.90. The minimum absolute atomic E-state index is 0.0173. The van der Waals surface area contributed by atoms with E-state index in [1.165, 1.54) is 6.07 Å². The number of hydrogen-bond donors (Lipinski definition) is 4. The van der Waals surface area contributed by atoms with Crippen molar-refractivity contribution in [1.82, 2.24) is 10.6 Å². The van der Waals surface area contributed by atoms with Crippen LogP contribution in [0.15, 0.2) is 59.8 Å². The van der Waals surface area contributed by atoms with Crippen molar-refractivity contribution >= 4 is 17.6 Å². The number of carbonyl (C=O) groups excluding carboxylic acids is 2. The molecule has 1 atom stereocenters. The molecule has 3 rings (SSSR count). The number of anilines is 1. The Labute approximate surface area is 145 Å². The fraction of sp³-hybridized carbons (Fsp3) is 0.158. The van der Waals surface area contributed by atoms with Gasteiger partial charge in [0.1, 0.15) is 5.75 Å². The predicted octanol–water partition coefficient (Wildman–Crippen LogP) is 2.97. The molecule has 128 valence electrons. The fourth-order valence-electron chi connectivity index (χ4n) is 2.86. The van der Waals surface area contributed by atoms with Crippen molar-refractivity contribution in [2.45, 2.75) is 19.9 Å². The first-order chi connectivity index (χ1) is 12.0. The molecule has 0 spiro atoms. The van der Waals surface area contributed by atoms with Gasteiger partial charge < -0.3 is 21.1 Å². The Morgan fingerprint density at radius 1 is 1.08 bits per heavy atom. The lowest BCUT2D eigenvalue weighted by Gasteiger charge is -2.29. The second kappa shape index (κ2) is 6.68. The maximum Gasteiger partial charge on any atom is 0.319 e. The van der Waals surface area contributed by atoms with E-state index in [0.717, 1.165) is 5.56 Å². The van der Waals surface area contributed by atoms with Crippen molar-refractivity contribution in [2.24, 2.45) is 0 Å². The Balaban J connectivity index is 1.99. The minimum Gasteiger partial charge on any atom is -0.508 e. The topological polar surface area (TPSA) is 90.5 Å². The number of hydrogen-bond acceptors (Lipinski definition) is 3. The van der Waals surface area contributed by atoms with E-state index in [-0.39, 0.29) is 11.7 Å². The normalized spacial score (nSPS) is 16.9. The molecule has 1 aliphatic rings. The van der Waals surface area contributed by atoms with Gasteiger partial charge in [-0.3, -0.25) is 4.79 Å². The molecule has 0 bridgehead atoms. The zero-order valence-electron chi connectivity index (χ0n) is 14.0. The Morgan fingerprint density at radius 3 is 2.48 bits per heavy atom. The smallest absolute Gasteiger partial charge is 0.319 e. The Bertz CT molecular complexity index is 874. The van der Waals surface area contributed by atoms with E-state index in [1.54, 1.807) is 25.1 Å². The van der Waals surface area contributed by atoms with E-state index in [1.807, 2.05) is 31.2 Å². The van der Waals surface area contributed by atoms with Crippen LogP contribution in [0, 0.1) is 6.92 Å². The summed E-state index contributed by atoms with van der Waals surface area (Å²) in [7, 11) is 0. The molecule has 0 radical (unpaired) electrons. The third kappa shape index (κ3) is 3.33. The van der Waals surface area contributed by atoms with Crippen LogP contribution in [0.4, 0.5) is 10.5 Å². The summed E-state index contributed by atoms with van der Waals surface area (Å²) in [4.78, 5) is 24.8. The summed E-state index contributed by atoms with van der Waals surface area (Å²) >= 11 is 0. The molecule has 0 aliphatic carbocycles. The molecule has 6 nitrogen and oxygen atoms in total. The van der Waals surface area contributed by atoms with Gasteiger partial charge in [0.05, 0.1) is 11.6 Å². The number of benzene rings is 2. The van der Waals surface area contributed by atoms with Crippen LogP contribution in [-0.4, -0.2) is 17.0 Å². The first kappa shape index (κ1) is 16.6. The van der Waals surface area contributed by atoms with Gasteiger partial charge in [0.25, 0.3) is 5.91 Å². The molecule has 1 heterocycles. The molecule has 6 heteroatoms. The third-order valence-corrected chi connectivity index (χ3v) is 4.15. The standard InChI is InChI=1S/C19H19N3O3/c1-11-7-3-5-9-14(11)21-18(24)16-12(2)20-19(25)22-17(16)13-8-4-6-10-15(13)23/h3-10,17,23H,1-2H3,(H,21,24)(H2,20,22,25)/t17-/m1/s1.